The van der Waals surface area contributed by atoms with Crippen molar-refractivity contribution in [2.45, 2.75) is 19.8 Å². The minimum Gasteiger partial charge on any atom is -0.469 e. The van der Waals surface area contributed by atoms with Crippen molar-refractivity contribution in [1.29, 1.82) is 0 Å². The first-order valence-electron chi connectivity index (χ1n) is 6.44. The molecule has 5 nitrogen and oxygen atoms in total. The van der Waals surface area contributed by atoms with Crippen LogP contribution >= 0.6 is 0 Å². The number of methoxy groups -OCH3 is 1. The second kappa shape index (κ2) is 6.30. The van der Waals surface area contributed by atoms with Crippen LogP contribution in [0.5, 0.6) is 0 Å². The first kappa shape index (κ1) is 14.9. The Morgan fingerprint density at radius 1 is 1.38 bits per heavy atom. The highest BCUT2D eigenvalue weighted by Gasteiger charge is 2.13. The second-order valence-corrected chi connectivity index (χ2v) is 4.53. The van der Waals surface area contributed by atoms with Crippen LogP contribution in [0.3, 0.4) is 0 Å². The number of carbonyl (C=O) groups excluding carboxylic acids is 1. The van der Waals surface area contributed by atoms with Crippen LogP contribution in [0.15, 0.2) is 29.1 Å². The van der Waals surface area contributed by atoms with E-state index < -0.39 is 11.8 Å². The summed E-state index contributed by atoms with van der Waals surface area (Å²) in [7, 11) is 1.29. The molecule has 0 radical (unpaired) electrons. The lowest BCUT2D eigenvalue weighted by atomic mass is 10.1. The van der Waals surface area contributed by atoms with E-state index in [1.54, 1.807) is 25.1 Å². The number of aromatic nitrogens is 2. The topological polar surface area (TPSA) is 72.0 Å². The van der Waals surface area contributed by atoms with Crippen LogP contribution in [0.4, 0.5) is 4.39 Å². The molecule has 2 aromatic rings. The van der Waals surface area contributed by atoms with Crippen LogP contribution in [0.1, 0.15) is 17.7 Å². The number of benzene rings is 1. The summed E-state index contributed by atoms with van der Waals surface area (Å²) in [6.07, 6.45) is 0.333. The Kier molecular flexibility index (Phi) is 4.47. The molecule has 1 N–H and O–H groups in total. The summed E-state index contributed by atoms with van der Waals surface area (Å²) in [5.41, 5.74) is 0.739. The van der Waals surface area contributed by atoms with Gasteiger partial charge in [0.05, 0.1) is 12.7 Å². The zero-order valence-corrected chi connectivity index (χ0v) is 11.8. The predicted molar refractivity (Wildman–Crippen MR) is 75.3 cm³/mol. The molecule has 1 heterocycles. The quantitative estimate of drug-likeness (QED) is 0.874. The maximum absolute atomic E-state index is 13.7. The molecule has 0 amide bonds. The van der Waals surface area contributed by atoms with E-state index in [1.807, 2.05) is 0 Å². The van der Waals surface area contributed by atoms with Crippen molar-refractivity contribution in [1.82, 2.24) is 9.97 Å². The number of halogens is 1. The van der Waals surface area contributed by atoms with E-state index in [1.165, 1.54) is 13.2 Å². The molecule has 0 unspecified atom stereocenters. The van der Waals surface area contributed by atoms with Crippen molar-refractivity contribution in [2.24, 2.45) is 0 Å². The van der Waals surface area contributed by atoms with E-state index in [0.717, 1.165) is 0 Å². The fourth-order valence-electron chi connectivity index (χ4n) is 2.01. The normalized spacial score (nSPS) is 10.4. The second-order valence-electron chi connectivity index (χ2n) is 4.53. The molecule has 0 spiro atoms. The van der Waals surface area contributed by atoms with Gasteiger partial charge in [0, 0.05) is 17.7 Å². The number of H-pyrrole nitrogens is 1. The molecular weight excluding hydrogens is 275 g/mol. The van der Waals surface area contributed by atoms with Crippen molar-refractivity contribution in [3.8, 4) is 11.4 Å². The molecule has 21 heavy (non-hydrogen) atoms. The van der Waals surface area contributed by atoms with Gasteiger partial charge in [0.2, 0.25) is 0 Å². The largest absolute Gasteiger partial charge is 0.469 e. The third-order valence-electron chi connectivity index (χ3n) is 3.16. The summed E-state index contributed by atoms with van der Waals surface area (Å²) in [6, 6.07) is 6.07. The molecule has 6 heteroatoms. The Morgan fingerprint density at radius 3 is 2.71 bits per heavy atom. The van der Waals surface area contributed by atoms with Gasteiger partial charge < -0.3 is 9.72 Å². The predicted octanol–water partition coefficient (Wildman–Crippen LogP) is 1.99. The van der Waals surface area contributed by atoms with Crippen LogP contribution < -0.4 is 5.56 Å². The van der Waals surface area contributed by atoms with Crippen LogP contribution in [0, 0.1) is 12.7 Å². The minimum atomic E-state index is -0.456. The Morgan fingerprint density at radius 2 is 2.10 bits per heavy atom. The average molecular weight is 290 g/mol. The van der Waals surface area contributed by atoms with Crippen LogP contribution in [-0.2, 0) is 16.0 Å². The molecule has 1 aromatic carbocycles. The van der Waals surface area contributed by atoms with Gasteiger partial charge in [-0.3, -0.25) is 9.59 Å². The number of carbonyl (C=O) groups is 1. The Labute approximate surface area is 120 Å². The van der Waals surface area contributed by atoms with E-state index in [4.69, 9.17) is 0 Å². The van der Waals surface area contributed by atoms with Crippen molar-refractivity contribution >= 4 is 5.97 Å². The van der Waals surface area contributed by atoms with E-state index in [9.17, 15) is 14.0 Å². The standard InChI is InChI=1S/C15H15FN2O3/c1-9-10(7-8-13(19)21-2)15(20)18-14(17-9)11-5-3-4-6-12(11)16/h3-6H,7-8H2,1-2H3,(H,17,18,20). The third-order valence-corrected chi connectivity index (χ3v) is 3.16. The molecule has 0 aliphatic heterocycles. The Hall–Kier alpha value is -2.50. The number of esters is 1. The minimum absolute atomic E-state index is 0.0984. The van der Waals surface area contributed by atoms with Gasteiger partial charge in [0.1, 0.15) is 11.6 Å². The number of hydrogen-bond donors (Lipinski definition) is 1. The van der Waals surface area contributed by atoms with Gasteiger partial charge in [-0.1, -0.05) is 12.1 Å². The van der Waals surface area contributed by atoms with Crippen LogP contribution in [-0.4, -0.2) is 23.0 Å². The lowest BCUT2D eigenvalue weighted by Gasteiger charge is -2.07. The number of hydrogen-bond acceptors (Lipinski definition) is 4. The molecule has 1 aromatic heterocycles. The number of ether oxygens (including phenoxy) is 1. The SMILES string of the molecule is COC(=O)CCc1c(C)nc(-c2ccccc2F)[nH]c1=O. The van der Waals surface area contributed by atoms with Gasteiger partial charge in [-0.2, -0.15) is 0 Å². The van der Waals surface area contributed by atoms with Crippen molar-refractivity contribution in [2.75, 3.05) is 7.11 Å². The molecule has 2 rings (SSSR count). The summed E-state index contributed by atoms with van der Waals surface area (Å²) in [4.78, 5) is 30.0. The first-order chi connectivity index (χ1) is 10.0. The van der Waals surface area contributed by atoms with Gasteiger partial charge in [-0.05, 0) is 25.5 Å². The number of nitrogens with zero attached hydrogens (tertiary/aromatic N) is 1. The molecule has 110 valence electrons. The van der Waals surface area contributed by atoms with Crippen molar-refractivity contribution < 1.29 is 13.9 Å². The molecule has 0 saturated heterocycles. The molecule has 0 saturated carbocycles. The fourth-order valence-corrected chi connectivity index (χ4v) is 2.01. The van der Waals surface area contributed by atoms with Gasteiger partial charge in [0.15, 0.2) is 0 Å². The van der Waals surface area contributed by atoms with E-state index in [-0.39, 0.29) is 29.8 Å². The van der Waals surface area contributed by atoms with Gasteiger partial charge in [0.25, 0.3) is 5.56 Å². The molecule has 0 atom stereocenters. The molecule has 0 aliphatic carbocycles. The lowest BCUT2D eigenvalue weighted by molar-refractivity contribution is -0.140. The number of rotatable bonds is 4. The third kappa shape index (κ3) is 3.34. The maximum atomic E-state index is 13.7. The maximum Gasteiger partial charge on any atom is 0.305 e. The van der Waals surface area contributed by atoms with E-state index in [0.29, 0.717) is 11.3 Å². The molecule has 0 fully saturated rings. The summed E-state index contributed by atoms with van der Waals surface area (Å²) in [6.45, 7) is 1.66. The van der Waals surface area contributed by atoms with Crippen molar-refractivity contribution in [3.63, 3.8) is 0 Å². The Bertz CT molecular complexity index is 725. The van der Waals surface area contributed by atoms with Gasteiger partial charge in [-0.25, -0.2) is 9.37 Å². The van der Waals surface area contributed by atoms with E-state index in [2.05, 4.69) is 14.7 Å². The monoisotopic (exact) mass is 290 g/mol. The summed E-state index contributed by atoms with van der Waals surface area (Å²) < 4.78 is 18.3. The lowest BCUT2D eigenvalue weighted by Crippen LogP contribution is -2.19. The van der Waals surface area contributed by atoms with Crippen LogP contribution in [0.25, 0.3) is 11.4 Å². The zero-order chi connectivity index (χ0) is 15.4. The average Bonchev–Trinajstić information content (AvgIpc) is 2.46. The summed E-state index contributed by atoms with van der Waals surface area (Å²) in [5, 5.41) is 0. The molecular formula is C15H15FN2O3. The first-order valence-corrected chi connectivity index (χ1v) is 6.44. The number of aryl methyl sites for hydroxylation is 1. The van der Waals surface area contributed by atoms with Crippen molar-refractivity contribution in [3.05, 3.63) is 51.7 Å². The summed E-state index contributed by atoms with van der Waals surface area (Å²) in [5.74, 6) is -0.674. The molecule has 0 aliphatic rings. The van der Waals surface area contributed by atoms with Gasteiger partial charge in [-0.15, -0.1) is 0 Å². The molecule has 0 bridgehead atoms. The number of aromatic amines is 1. The van der Waals surface area contributed by atoms with Crippen LogP contribution in [0.2, 0.25) is 0 Å². The zero-order valence-electron chi connectivity index (χ0n) is 11.8. The highest BCUT2D eigenvalue weighted by atomic mass is 19.1. The fraction of sp³-hybridized carbons (Fsp3) is 0.267. The van der Waals surface area contributed by atoms with Gasteiger partial charge >= 0.3 is 5.97 Å². The highest BCUT2D eigenvalue weighted by molar-refractivity contribution is 5.69. The smallest absolute Gasteiger partial charge is 0.305 e. The Balaban J connectivity index is 2.36. The number of nitrogens with one attached hydrogen (secondary N) is 1. The highest BCUT2D eigenvalue weighted by Crippen LogP contribution is 2.18. The van der Waals surface area contributed by atoms with E-state index >= 15 is 0 Å². The summed E-state index contributed by atoms with van der Waals surface area (Å²) >= 11 is 0.